The molecule has 2 aromatic rings. The molecule has 1 aromatic carbocycles. The van der Waals surface area contributed by atoms with Crippen molar-refractivity contribution in [2.45, 2.75) is 0 Å². The van der Waals surface area contributed by atoms with Gasteiger partial charge in [-0.1, -0.05) is 12.1 Å². The summed E-state index contributed by atoms with van der Waals surface area (Å²) in [6.45, 7) is 0. The van der Waals surface area contributed by atoms with E-state index in [-0.39, 0.29) is 0 Å². The standard InChI is InChI=1S/C11H14N4O/c1-12-11-13-10(15(2)14-11)8-6-4-5-7-9(8)16-3/h4-7H,1-3H3,(H,12,14). The molecule has 84 valence electrons. The van der Waals surface area contributed by atoms with Gasteiger partial charge < -0.3 is 10.1 Å². The van der Waals surface area contributed by atoms with Gasteiger partial charge in [-0.3, -0.25) is 0 Å². The van der Waals surface area contributed by atoms with E-state index in [2.05, 4.69) is 15.4 Å². The largest absolute Gasteiger partial charge is 0.496 e. The molecule has 0 fully saturated rings. The van der Waals surface area contributed by atoms with Gasteiger partial charge >= 0.3 is 0 Å². The van der Waals surface area contributed by atoms with Crippen LogP contribution in [0.25, 0.3) is 11.4 Å². The summed E-state index contributed by atoms with van der Waals surface area (Å²) in [6.07, 6.45) is 0. The van der Waals surface area contributed by atoms with Crippen LogP contribution in [-0.4, -0.2) is 28.9 Å². The third-order valence-corrected chi connectivity index (χ3v) is 2.33. The van der Waals surface area contributed by atoms with Crippen LogP contribution in [0.5, 0.6) is 5.75 Å². The third-order valence-electron chi connectivity index (χ3n) is 2.33. The van der Waals surface area contributed by atoms with Gasteiger partial charge in [-0.05, 0) is 12.1 Å². The highest BCUT2D eigenvalue weighted by Crippen LogP contribution is 2.28. The van der Waals surface area contributed by atoms with Crippen LogP contribution >= 0.6 is 0 Å². The van der Waals surface area contributed by atoms with Crippen LogP contribution in [0, 0.1) is 0 Å². The Morgan fingerprint density at radius 3 is 2.69 bits per heavy atom. The third kappa shape index (κ3) is 1.71. The summed E-state index contributed by atoms with van der Waals surface area (Å²) in [4.78, 5) is 4.37. The number of methoxy groups -OCH3 is 1. The van der Waals surface area contributed by atoms with Crippen LogP contribution < -0.4 is 10.1 Å². The molecule has 0 amide bonds. The molecule has 0 bridgehead atoms. The number of anilines is 1. The molecule has 5 nitrogen and oxygen atoms in total. The van der Waals surface area contributed by atoms with Crippen LogP contribution in [0.1, 0.15) is 0 Å². The van der Waals surface area contributed by atoms with Crippen LogP contribution in [-0.2, 0) is 7.05 Å². The van der Waals surface area contributed by atoms with Crippen molar-refractivity contribution in [3.8, 4) is 17.1 Å². The van der Waals surface area contributed by atoms with Gasteiger partial charge in [0.05, 0.1) is 12.7 Å². The summed E-state index contributed by atoms with van der Waals surface area (Å²) in [5, 5.41) is 7.13. The molecule has 0 radical (unpaired) electrons. The first-order chi connectivity index (χ1) is 7.76. The average molecular weight is 218 g/mol. The number of aromatic nitrogens is 3. The highest BCUT2D eigenvalue weighted by atomic mass is 16.5. The van der Waals surface area contributed by atoms with Crippen molar-refractivity contribution < 1.29 is 4.74 Å². The second-order valence-corrected chi connectivity index (χ2v) is 3.33. The molecule has 2 rings (SSSR count). The van der Waals surface area contributed by atoms with Crippen LogP contribution in [0.2, 0.25) is 0 Å². The van der Waals surface area contributed by atoms with E-state index in [4.69, 9.17) is 4.74 Å². The van der Waals surface area contributed by atoms with E-state index in [1.807, 2.05) is 31.3 Å². The summed E-state index contributed by atoms with van der Waals surface area (Å²) in [5.41, 5.74) is 0.932. The van der Waals surface area contributed by atoms with E-state index in [9.17, 15) is 0 Å². The summed E-state index contributed by atoms with van der Waals surface area (Å²) in [7, 11) is 5.30. The lowest BCUT2D eigenvalue weighted by molar-refractivity contribution is 0.416. The predicted octanol–water partition coefficient (Wildman–Crippen LogP) is 1.53. The fraction of sp³-hybridized carbons (Fsp3) is 0.273. The van der Waals surface area contributed by atoms with E-state index in [1.165, 1.54) is 0 Å². The van der Waals surface area contributed by atoms with Crippen molar-refractivity contribution in [1.29, 1.82) is 0 Å². The Morgan fingerprint density at radius 2 is 2.06 bits per heavy atom. The smallest absolute Gasteiger partial charge is 0.242 e. The number of para-hydroxylation sites is 1. The van der Waals surface area contributed by atoms with Crippen LogP contribution in [0.3, 0.4) is 0 Å². The van der Waals surface area contributed by atoms with Crippen molar-refractivity contribution in [3.63, 3.8) is 0 Å². The molecule has 5 heteroatoms. The van der Waals surface area contributed by atoms with E-state index >= 15 is 0 Å². The lowest BCUT2D eigenvalue weighted by Gasteiger charge is -2.06. The van der Waals surface area contributed by atoms with Gasteiger partial charge in [-0.25, -0.2) is 4.68 Å². The molecule has 0 atom stereocenters. The van der Waals surface area contributed by atoms with Gasteiger partial charge in [0.15, 0.2) is 5.82 Å². The predicted molar refractivity (Wildman–Crippen MR) is 62.5 cm³/mol. The van der Waals surface area contributed by atoms with Gasteiger partial charge in [0.1, 0.15) is 5.75 Å². The number of benzene rings is 1. The van der Waals surface area contributed by atoms with Gasteiger partial charge in [0.2, 0.25) is 5.95 Å². The Kier molecular flexibility index (Phi) is 2.76. The van der Waals surface area contributed by atoms with Crippen molar-refractivity contribution >= 4 is 5.95 Å². The normalized spacial score (nSPS) is 10.2. The second-order valence-electron chi connectivity index (χ2n) is 3.33. The molecule has 0 aliphatic heterocycles. The number of rotatable bonds is 3. The lowest BCUT2D eigenvalue weighted by Crippen LogP contribution is -1.96. The SMILES string of the molecule is CNc1nc(-c2ccccc2OC)n(C)n1. The fourth-order valence-corrected chi connectivity index (χ4v) is 1.55. The summed E-state index contributed by atoms with van der Waals surface area (Å²) >= 11 is 0. The molecule has 0 aliphatic carbocycles. The maximum absolute atomic E-state index is 5.30. The van der Waals surface area contributed by atoms with Crippen molar-refractivity contribution in [2.24, 2.45) is 7.05 Å². The molecule has 0 aliphatic rings. The molecule has 0 saturated carbocycles. The van der Waals surface area contributed by atoms with Crippen LogP contribution in [0.15, 0.2) is 24.3 Å². The highest BCUT2D eigenvalue weighted by Gasteiger charge is 2.12. The van der Waals surface area contributed by atoms with Crippen molar-refractivity contribution in [3.05, 3.63) is 24.3 Å². The monoisotopic (exact) mass is 218 g/mol. The number of nitrogens with zero attached hydrogens (tertiary/aromatic N) is 3. The van der Waals surface area contributed by atoms with Gasteiger partial charge in [-0.15, -0.1) is 5.10 Å². The minimum Gasteiger partial charge on any atom is -0.496 e. The van der Waals surface area contributed by atoms with Crippen molar-refractivity contribution in [1.82, 2.24) is 14.8 Å². The Morgan fingerprint density at radius 1 is 1.31 bits per heavy atom. The topological polar surface area (TPSA) is 52.0 Å². The summed E-state index contributed by atoms with van der Waals surface area (Å²) < 4.78 is 7.02. The Balaban J connectivity index is 2.53. The minimum absolute atomic E-state index is 0.600. The molecule has 1 heterocycles. The first kappa shape index (κ1) is 10.5. The van der Waals surface area contributed by atoms with E-state index in [0.717, 1.165) is 17.1 Å². The molecular weight excluding hydrogens is 204 g/mol. The quantitative estimate of drug-likeness (QED) is 0.848. The molecule has 0 spiro atoms. The zero-order valence-corrected chi connectivity index (χ0v) is 9.56. The maximum atomic E-state index is 5.30. The molecule has 1 N–H and O–H groups in total. The molecule has 0 saturated heterocycles. The first-order valence-corrected chi connectivity index (χ1v) is 4.98. The molecular formula is C11H14N4O. The van der Waals surface area contributed by atoms with Gasteiger partial charge in [0.25, 0.3) is 0 Å². The number of aryl methyl sites for hydroxylation is 1. The van der Waals surface area contributed by atoms with E-state index in [1.54, 1.807) is 18.8 Å². The van der Waals surface area contributed by atoms with Gasteiger partial charge in [0, 0.05) is 14.1 Å². The first-order valence-electron chi connectivity index (χ1n) is 4.98. The fourth-order valence-electron chi connectivity index (χ4n) is 1.55. The number of hydrogen-bond acceptors (Lipinski definition) is 4. The average Bonchev–Trinajstić information content (AvgIpc) is 2.70. The highest BCUT2D eigenvalue weighted by molar-refractivity contribution is 5.65. The maximum Gasteiger partial charge on any atom is 0.242 e. The van der Waals surface area contributed by atoms with Crippen LogP contribution in [0.4, 0.5) is 5.95 Å². The minimum atomic E-state index is 0.600. The Labute approximate surface area is 94.1 Å². The number of nitrogens with one attached hydrogen (secondary N) is 1. The Hall–Kier alpha value is -2.04. The van der Waals surface area contributed by atoms with Crippen molar-refractivity contribution in [2.75, 3.05) is 19.5 Å². The lowest BCUT2D eigenvalue weighted by atomic mass is 10.2. The summed E-state index contributed by atoms with van der Waals surface area (Å²) in [5.74, 6) is 2.17. The van der Waals surface area contributed by atoms with E-state index in [0.29, 0.717) is 5.95 Å². The van der Waals surface area contributed by atoms with Gasteiger partial charge in [-0.2, -0.15) is 4.98 Å². The Bertz CT molecular complexity index is 492. The molecule has 16 heavy (non-hydrogen) atoms. The zero-order chi connectivity index (χ0) is 11.5. The zero-order valence-electron chi connectivity index (χ0n) is 9.56. The molecule has 0 unspecified atom stereocenters. The summed E-state index contributed by atoms with van der Waals surface area (Å²) in [6, 6.07) is 7.74. The van der Waals surface area contributed by atoms with E-state index < -0.39 is 0 Å². The number of hydrogen-bond donors (Lipinski definition) is 1. The molecule has 1 aromatic heterocycles. The number of ether oxygens (including phenoxy) is 1. The second kappa shape index (κ2) is 4.22.